The number of hydrogen-bond acceptors (Lipinski definition) is 3. The molecule has 0 aliphatic carbocycles. The summed E-state index contributed by atoms with van der Waals surface area (Å²) < 4.78 is 0. The molecule has 4 nitrogen and oxygen atoms in total. The number of nitrogens with one attached hydrogen (secondary N) is 1. The predicted octanol–water partition coefficient (Wildman–Crippen LogP) is 3.05. The number of amides is 1. The van der Waals surface area contributed by atoms with E-state index in [1.165, 1.54) is 0 Å². The van der Waals surface area contributed by atoms with E-state index in [-0.39, 0.29) is 5.91 Å². The van der Waals surface area contributed by atoms with Gasteiger partial charge in [-0.15, -0.1) is 0 Å². The average molecular weight is 276 g/mol. The van der Waals surface area contributed by atoms with E-state index in [4.69, 9.17) is 11.6 Å². The first-order valence-electron chi connectivity index (χ1n) is 5.76. The van der Waals surface area contributed by atoms with Crippen molar-refractivity contribution in [1.82, 2.24) is 4.98 Å². The van der Waals surface area contributed by atoms with Crippen molar-refractivity contribution in [2.45, 2.75) is 0 Å². The third kappa shape index (κ3) is 3.45. The number of anilines is 2. The van der Waals surface area contributed by atoms with E-state index >= 15 is 0 Å². The van der Waals surface area contributed by atoms with E-state index in [0.717, 1.165) is 5.69 Å². The molecule has 19 heavy (non-hydrogen) atoms. The monoisotopic (exact) mass is 275 g/mol. The molecule has 0 spiro atoms. The van der Waals surface area contributed by atoms with E-state index in [1.807, 2.05) is 31.1 Å². The van der Waals surface area contributed by atoms with Gasteiger partial charge in [-0.3, -0.25) is 4.79 Å². The second-order valence-electron chi connectivity index (χ2n) is 4.26. The van der Waals surface area contributed by atoms with Gasteiger partial charge < -0.3 is 10.2 Å². The van der Waals surface area contributed by atoms with Crippen molar-refractivity contribution < 1.29 is 4.79 Å². The molecule has 0 atom stereocenters. The zero-order valence-electron chi connectivity index (χ0n) is 10.7. The number of rotatable bonds is 3. The Morgan fingerprint density at radius 2 is 1.89 bits per heavy atom. The first-order chi connectivity index (χ1) is 9.06. The summed E-state index contributed by atoms with van der Waals surface area (Å²) in [5.74, 6) is -0.174. The second-order valence-corrected chi connectivity index (χ2v) is 4.65. The molecule has 0 saturated carbocycles. The zero-order chi connectivity index (χ0) is 13.8. The van der Waals surface area contributed by atoms with Gasteiger partial charge >= 0.3 is 0 Å². The number of carbonyl (C=O) groups excluding carboxylic acids is 1. The third-order valence-electron chi connectivity index (χ3n) is 2.63. The molecule has 0 unspecified atom stereocenters. The Kier molecular flexibility index (Phi) is 4.02. The van der Waals surface area contributed by atoms with E-state index in [2.05, 4.69) is 10.3 Å². The standard InChI is InChI=1S/C14H14ClN3O/c1-18(2)12-5-3-10(4-6-12)14(19)17-11-7-8-16-13(15)9-11/h3-9H,1-2H3,(H,16,17,19). The van der Waals surface area contributed by atoms with Crippen molar-refractivity contribution in [2.75, 3.05) is 24.3 Å². The highest BCUT2D eigenvalue weighted by Gasteiger charge is 2.06. The van der Waals surface area contributed by atoms with Crippen LogP contribution in [0.1, 0.15) is 10.4 Å². The van der Waals surface area contributed by atoms with Crippen LogP contribution in [0.2, 0.25) is 5.15 Å². The van der Waals surface area contributed by atoms with Gasteiger partial charge in [-0.25, -0.2) is 4.98 Å². The molecule has 1 amide bonds. The van der Waals surface area contributed by atoms with E-state index in [9.17, 15) is 4.79 Å². The molecular weight excluding hydrogens is 262 g/mol. The van der Waals surface area contributed by atoms with Crippen LogP contribution in [0.3, 0.4) is 0 Å². The van der Waals surface area contributed by atoms with E-state index in [1.54, 1.807) is 30.5 Å². The molecule has 1 aromatic carbocycles. The van der Waals surface area contributed by atoms with Gasteiger partial charge in [0.2, 0.25) is 0 Å². The number of benzene rings is 1. The Morgan fingerprint density at radius 3 is 2.47 bits per heavy atom. The minimum atomic E-state index is -0.174. The lowest BCUT2D eigenvalue weighted by Gasteiger charge is -2.12. The normalized spacial score (nSPS) is 10.1. The SMILES string of the molecule is CN(C)c1ccc(C(=O)Nc2ccnc(Cl)c2)cc1. The molecule has 0 radical (unpaired) electrons. The Balaban J connectivity index is 2.11. The van der Waals surface area contributed by atoms with Gasteiger partial charge in [0.15, 0.2) is 0 Å². The molecule has 0 fully saturated rings. The Labute approximate surface area is 117 Å². The van der Waals surface area contributed by atoms with Crippen LogP contribution in [0.4, 0.5) is 11.4 Å². The molecule has 2 rings (SSSR count). The molecular formula is C14H14ClN3O. The van der Waals surface area contributed by atoms with Crippen LogP contribution >= 0.6 is 11.6 Å². The zero-order valence-corrected chi connectivity index (χ0v) is 11.5. The van der Waals surface area contributed by atoms with Crippen molar-refractivity contribution in [1.29, 1.82) is 0 Å². The maximum atomic E-state index is 12.0. The molecule has 0 bridgehead atoms. The van der Waals surface area contributed by atoms with Gasteiger partial charge in [0.05, 0.1) is 0 Å². The summed E-state index contributed by atoms with van der Waals surface area (Å²) >= 11 is 5.76. The van der Waals surface area contributed by atoms with Crippen molar-refractivity contribution in [3.05, 3.63) is 53.3 Å². The average Bonchev–Trinajstić information content (AvgIpc) is 2.39. The fourth-order valence-corrected chi connectivity index (χ4v) is 1.77. The maximum absolute atomic E-state index is 12.0. The fraction of sp³-hybridized carbons (Fsp3) is 0.143. The summed E-state index contributed by atoms with van der Waals surface area (Å²) in [7, 11) is 3.90. The van der Waals surface area contributed by atoms with Crippen molar-refractivity contribution in [3.8, 4) is 0 Å². The molecule has 5 heteroatoms. The number of carbonyl (C=O) groups is 1. The van der Waals surface area contributed by atoms with Crippen LogP contribution in [0.5, 0.6) is 0 Å². The summed E-state index contributed by atoms with van der Waals surface area (Å²) in [6.07, 6.45) is 1.55. The van der Waals surface area contributed by atoms with Gasteiger partial charge in [0.1, 0.15) is 5.15 Å². The summed E-state index contributed by atoms with van der Waals surface area (Å²) in [6.45, 7) is 0. The molecule has 1 heterocycles. The first-order valence-corrected chi connectivity index (χ1v) is 6.14. The van der Waals surface area contributed by atoms with Crippen LogP contribution in [0.25, 0.3) is 0 Å². The fourth-order valence-electron chi connectivity index (χ4n) is 1.59. The van der Waals surface area contributed by atoms with E-state index in [0.29, 0.717) is 16.4 Å². The molecule has 0 aliphatic heterocycles. The van der Waals surface area contributed by atoms with Gasteiger partial charge in [0, 0.05) is 37.2 Å². The van der Waals surface area contributed by atoms with Crippen LogP contribution in [0.15, 0.2) is 42.6 Å². The van der Waals surface area contributed by atoms with Crippen LogP contribution in [0, 0.1) is 0 Å². The summed E-state index contributed by atoms with van der Waals surface area (Å²) in [4.78, 5) is 17.9. The number of halogens is 1. The maximum Gasteiger partial charge on any atom is 0.255 e. The van der Waals surface area contributed by atoms with Crippen LogP contribution in [-0.2, 0) is 0 Å². The Hall–Kier alpha value is -2.07. The largest absolute Gasteiger partial charge is 0.378 e. The van der Waals surface area contributed by atoms with Crippen molar-refractivity contribution in [2.24, 2.45) is 0 Å². The molecule has 2 aromatic rings. The molecule has 1 aromatic heterocycles. The van der Waals surface area contributed by atoms with Crippen molar-refractivity contribution >= 4 is 28.9 Å². The second kappa shape index (κ2) is 5.71. The third-order valence-corrected chi connectivity index (χ3v) is 2.84. The summed E-state index contributed by atoms with van der Waals surface area (Å²) in [5, 5.41) is 3.12. The molecule has 1 N–H and O–H groups in total. The number of nitrogens with zero attached hydrogens (tertiary/aromatic N) is 2. The molecule has 0 saturated heterocycles. The Morgan fingerprint density at radius 1 is 1.21 bits per heavy atom. The van der Waals surface area contributed by atoms with Crippen LogP contribution in [-0.4, -0.2) is 25.0 Å². The lowest BCUT2D eigenvalue weighted by atomic mass is 10.2. The first kappa shape index (κ1) is 13.4. The number of hydrogen-bond donors (Lipinski definition) is 1. The molecule has 0 aliphatic rings. The number of aromatic nitrogens is 1. The minimum absolute atomic E-state index is 0.174. The minimum Gasteiger partial charge on any atom is -0.378 e. The lowest BCUT2D eigenvalue weighted by molar-refractivity contribution is 0.102. The van der Waals surface area contributed by atoms with E-state index < -0.39 is 0 Å². The Bertz CT molecular complexity index is 581. The van der Waals surface area contributed by atoms with Crippen molar-refractivity contribution in [3.63, 3.8) is 0 Å². The lowest BCUT2D eigenvalue weighted by Crippen LogP contribution is -2.13. The van der Waals surface area contributed by atoms with Crippen LogP contribution < -0.4 is 10.2 Å². The van der Waals surface area contributed by atoms with Gasteiger partial charge in [-0.05, 0) is 36.4 Å². The molecule has 98 valence electrons. The highest BCUT2D eigenvalue weighted by molar-refractivity contribution is 6.29. The predicted molar refractivity (Wildman–Crippen MR) is 78.0 cm³/mol. The highest BCUT2D eigenvalue weighted by atomic mass is 35.5. The summed E-state index contributed by atoms with van der Waals surface area (Å²) in [6, 6.07) is 10.7. The van der Waals surface area contributed by atoms with Gasteiger partial charge in [-0.2, -0.15) is 0 Å². The quantitative estimate of drug-likeness (QED) is 0.876. The summed E-state index contributed by atoms with van der Waals surface area (Å²) in [5.41, 5.74) is 2.27. The highest BCUT2D eigenvalue weighted by Crippen LogP contribution is 2.15. The van der Waals surface area contributed by atoms with Gasteiger partial charge in [0.25, 0.3) is 5.91 Å². The van der Waals surface area contributed by atoms with Gasteiger partial charge in [-0.1, -0.05) is 11.6 Å². The topological polar surface area (TPSA) is 45.2 Å². The number of pyridine rings is 1. The smallest absolute Gasteiger partial charge is 0.255 e.